The largest absolute Gasteiger partial charge is 0.441 e. The van der Waals surface area contributed by atoms with E-state index in [1.807, 2.05) is 31.2 Å². The molecule has 114 valence electrons. The SMILES string of the molecule is Cc1oc(-c2ccc(Cl)cc2)nc1CN(CCO)C(C)C. The molecule has 0 aliphatic heterocycles. The highest BCUT2D eigenvalue weighted by Gasteiger charge is 2.16. The van der Waals surface area contributed by atoms with Gasteiger partial charge in [0, 0.05) is 29.7 Å². The third kappa shape index (κ3) is 4.06. The fourth-order valence-corrected chi connectivity index (χ4v) is 2.26. The maximum Gasteiger partial charge on any atom is 0.226 e. The number of hydrogen-bond donors (Lipinski definition) is 1. The fourth-order valence-electron chi connectivity index (χ4n) is 2.13. The highest BCUT2D eigenvalue weighted by molar-refractivity contribution is 6.30. The Hall–Kier alpha value is -1.36. The molecule has 1 N–H and O–H groups in total. The third-order valence-electron chi connectivity index (χ3n) is 3.45. The van der Waals surface area contributed by atoms with Crippen LogP contribution in [0.15, 0.2) is 28.7 Å². The van der Waals surface area contributed by atoms with Crippen LogP contribution in [0.5, 0.6) is 0 Å². The van der Waals surface area contributed by atoms with Gasteiger partial charge in [-0.05, 0) is 45.0 Å². The lowest BCUT2D eigenvalue weighted by molar-refractivity contribution is 0.157. The van der Waals surface area contributed by atoms with Gasteiger partial charge in [-0.15, -0.1) is 0 Å². The van der Waals surface area contributed by atoms with Gasteiger partial charge in [0.1, 0.15) is 5.76 Å². The number of rotatable bonds is 6. The minimum atomic E-state index is 0.138. The molecular formula is C16H21ClN2O2. The first kappa shape index (κ1) is 16.0. The number of aryl methyl sites for hydroxylation is 1. The molecule has 1 aromatic heterocycles. The van der Waals surface area contributed by atoms with Crippen LogP contribution in [0.4, 0.5) is 0 Å². The van der Waals surface area contributed by atoms with Gasteiger partial charge in [-0.25, -0.2) is 4.98 Å². The van der Waals surface area contributed by atoms with Gasteiger partial charge in [0.25, 0.3) is 0 Å². The van der Waals surface area contributed by atoms with E-state index in [1.165, 1.54) is 0 Å². The van der Waals surface area contributed by atoms with Crippen molar-refractivity contribution >= 4 is 11.6 Å². The van der Waals surface area contributed by atoms with Crippen molar-refractivity contribution in [1.29, 1.82) is 0 Å². The van der Waals surface area contributed by atoms with Crippen molar-refractivity contribution in [2.24, 2.45) is 0 Å². The molecule has 21 heavy (non-hydrogen) atoms. The Kier molecular flexibility index (Phi) is 5.39. The van der Waals surface area contributed by atoms with Gasteiger partial charge in [0.2, 0.25) is 5.89 Å². The number of hydrogen-bond acceptors (Lipinski definition) is 4. The summed E-state index contributed by atoms with van der Waals surface area (Å²) in [6, 6.07) is 7.77. The van der Waals surface area contributed by atoms with Crippen molar-refractivity contribution < 1.29 is 9.52 Å². The Morgan fingerprint density at radius 3 is 2.52 bits per heavy atom. The van der Waals surface area contributed by atoms with Crippen LogP contribution in [0, 0.1) is 6.92 Å². The van der Waals surface area contributed by atoms with E-state index in [0.717, 1.165) is 17.0 Å². The van der Waals surface area contributed by atoms with E-state index >= 15 is 0 Å². The number of nitrogens with zero attached hydrogens (tertiary/aromatic N) is 2. The topological polar surface area (TPSA) is 49.5 Å². The molecule has 5 heteroatoms. The molecule has 0 spiro atoms. The summed E-state index contributed by atoms with van der Waals surface area (Å²) in [5.41, 5.74) is 1.81. The Morgan fingerprint density at radius 1 is 1.29 bits per heavy atom. The van der Waals surface area contributed by atoms with Gasteiger partial charge in [-0.3, -0.25) is 4.90 Å². The van der Waals surface area contributed by atoms with Crippen LogP contribution < -0.4 is 0 Å². The predicted molar refractivity (Wildman–Crippen MR) is 84.3 cm³/mol. The van der Waals surface area contributed by atoms with Gasteiger partial charge < -0.3 is 9.52 Å². The molecule has 0 saturated carbocycles. The lowest BCUT2D eigenvalue weighted by atomic mass is 10.2. The highest BCUT2D eigenvalue weighted by atomic mass is 35.5. The Labute approximate surface area is 130 Å². The second kappa shape index (κ2) is 7.07. The van der Waals surface area contributed by atoms with Gasteiger partial charge in [-0.2, -0.15) is 0 Å². The van der Waals surface area contributed by atoms with Crippen LogP contribution in [-0.2, 0) is 6.54 Å². The van der Waals surface area contributed by atoms with Crippen molar-refractivity contribution in [3.05, 3.63) is 40.7 Å². The van der Waals surface area contributed by atoms with Crippen molar-refractivity contribution in [3.63, 3.8) is 0 Å². The van der Waals surface area contributed by atoms with Crippen LogP contribution >= 0.6 is 11.6 Å². The Bertz CT molecular complexity index is 578. The molecule has 0 bridgehead atoms. The zero-order chi connectivity index (χ0) is 15.4. The predicted octanol–water partition coefficient (Wildman–Crippen LogP) is 3.51. The molecule has 0 aliphatic rings. The molecule has 4 nitrogen and oxygen atoms in total. The number of oxazole rings is 1. The van der Waals surface area contributed by atoms with E-state index in [9.17, 15) is 0 Å². The van der Waals surface area contributed by atoms with E-state index in [4.69, 9.17) is 21.1 Å². The second-order valence-electron chi connectivity index (χ2n) is 5.32. The summed E-state index contributed by atoms with van der Waals surface area (Å²) in [6.07, 6.45) is 0. The van der Waals surface area contributed by atoms with E-state index < -0.39 is 0 Å². The number of benzene rings is 1. The number of aromatic nitrogens is 1. The summed E-state index contributed by atoms with van der Waals surface area (Å²) < 4.78 is 5.76. The zero-order valence-corrected chi connectivity index (χ0v) is 13.4. The molecule has 2 rings (SSSR count). The van der Waals surface area contributed by atoms with Gasteiger partial charge >= 0.3 is 0 Å². The van der Waals surface area contributed by atoms with Crippen LogP contribution in [-0.4, -0.2) is 34.2 Å². The summed E-state index contributed by atoms with van der Waals surface area (Å²) >= 11 is 5.89. The van der Waals surface area contributed by atoms with Crippen molar-refractivity contribution in [3.8, 4) is 11.5 Å². The highest BCUT2D eigenvalue weighted by Crippen LogP contribution is 2.24. The van der Waals surface area contributed by atoms with E-state index in [-0.39, 0.29) is 6.61 Å². The lowest BCUT2D eigenvalue weighted by Crippen LogP contribution is -2.33. The molecule has 1 heterocycles. The summed E-state index contributed by atoms with van der Waals surface area (Å²) in [5, 5.41) is 9.83. The second-order valence-corrected chi connectivity index (χ2v) is 5.75. The molecular weight excluding hydrogens is 288 g/mol. The van der Waals surface area contributed by atoms with E-state index in [1.54, 1.807) is 0 Å². The summed E-state index contributed by atoms with van der Waals surface area (Å²) in [5.74, 6) is 1.41. The number of aliphatic hydroxyl groups is 1. The first-order valence-corrected chi connectivity index (χ1v) is 7.46. The first-order valence-electron chi connectivity index (χ1n) is 7.08. The zero-order valence-electron chi connectivity index (χ0n) is 12.6. The molecule has 0 aliphatic carbocycles. The minimum absolute atomic E-state index is 0.138. The molecule has 0 radical (unpaired) electrons. The average Bonchev–Trinajstić information content (AvgIpc) is 2.80. The summed E-state index contributed by atoms with van der Waals surface area (Å²) in [7, 11) is 0. The minimum Gasteiger partial charge on any atom is -0.441 e. The third-order valence-corrected chi connectivity index (χ3v) is 3.71. The van der Waals surface area contributed by atoms with E-state index in [0.29, 0.717) is 30.0 Å². The van der Waals surface area contributed by atoms with Crippen LogP contribution in [0.3, 0.4) is 0 Å². The van der Waals surface area contributed by atoms with Crippen molar-refractivity contribution in [2.45, 2.75) is 33.4 Å². The standard InChI is InChI=1S/C16H21ClN2O2/c1-11(2)19(8-9-20)10-15-12(3)21-16(18-15)13-4-6-14(17)7-5-13/h4-7,11,20H,8-10H2,1-3H3. The number of aliphatic hydroxyl groups excluding tert-OH is 1. The smallest absolute Gasteiger partial charge is 0.226 e. The van der Waals surface area contributed by atoms with E-state index in [2.05, 4.69) is 23.7 Å². The van der Waals surface area contributed by atoms with Gasteiger partial charge in [0.15, 0.2) is 0 Å². The molecule has 0 atom stereocenters. The van der Waals surface area contributed by atoms with Crippen LogP contribution in [0.25, 0.3) is 11.5 Å². The monoisotopic (exact) mass is 308 g/mol. The maximum atomic E-state index is 9.14. The maximum absolute atomic E-state index is 9.14. The Balaban J connectivity index is 2.20. The Morgan fingerprint density at radius 2 is 1.95 bits per heavy atom. The molecule has 0 amide bonds. The molecule has 2 aromatic rings. The van der Waals surface area contributed by atoms with Crippen LogP contribution in [0.2, 0.25) is 5.02 Å². The lowest BCUT2D eigenvalue weighted by Gasteiger charge is -2.24. The van der Waals surface area contributed by atoms with Gasteiger partial charge in [-0.1, -0.05) is 11.6 Å². The molecule has 0 unspecified atom stereocenters. The molecule has 0 fully saturated rings. The number of halogens is 1. The summed E-state index contributed by atoms with van der Waals surface area (Å²) in [6.45, 7) is 7.55. The summed E-state index contributed by atoms with van der Waals surface area (Å²) in [4.78, 5) is 6.74. The molecule has 0 saturated heterocycles. The fraction of sp³-hybridized carbons (Fsp3) is 0.438. The quantitative estimate of drug-likeness (QED) is 0.887. The van der Waals surface area contributed by atoms with Crippen molar-refractivity contribution in [2.75, 3.05) is 13.2 Å². The van der Waals surface area contributed by atoms with Gasteiger partial charge in [0.05, 0.1) is 12.3 Å². The average molecular weight is 309 g/mol. The normalized spacial score (nSPS) is 11.6. The first-order chi connectivity index (χ1) is 10.0. The molecule has 1 aromatic carbocycles. The van der Waals surface area contributed by atoms with Crippen LogP contribution in [0.1, 0.15) is 25.3 Å². The van der Waals surface area contributed by atoms with Crippen molar-refractivity contribution in [1.82, 2.24) is 9.88 Å².